The van der Waals surface area contributed by atoms with Crippen LogP contribution in [0, 0.1) is 12.8 Å². The summed E-state index contributed by atoms with van der Waals surface area (Å²) in [7, 11) is -3.91. The fraction of sp³-hybridized carbons (Fsp3) is 0.381. The van der Waals surface area contributed by atoms with Gasteiger partial charge in [-0.25, -0.2) is 13.2 Å². The van der Waals surface area contributed by atoms with Gasteiger partial charge in [-0.1, -0.05) is 31.5 Å². The molecule has 0 bridgehead atoms. The van der Waals surface area contributed by atoms with E-state index in [2.05, 4.69) is 10.0 Å². The number of esters is 1. The number of hydrogen-bond acceptors (Lipinski definition) is 5. The monoisotopic (exact) mass is 404 g/mol. The molecule has 2 rings (SSSR count). The third kappa shape index (κ3) is 5.99. The second-order valence-corrected chi connectivity index (χ2v) is 9.06. The second-order valence-electron chi connectivity index (χ2n) is 7.41. The molecule has 0 aromatic heterocycles. The van der Waals surface area contributed by atoms with E-state index < -0.39 is 16.0 Å². The van der Waals surface area contributed by atoms with Crippen molar-refractivity contribution in [2.75, 3.05) is 16.6 Å². The normalized spacial score (nSPS) is 11.5. The van der Waals surface area contributed by atoms with Crippen molar-refractivity contribution in [1.29, 1.82) is 0 Å². The molecule has 0 saturated carbocycles. The van der Waals surface area contributed by atoms with Gasteiger partial charge in [-0.05, 0) is 57.0 Å². The van der Waals surface area contributed by atoms with Crippen molar-refractivity contribution in [2.24, 2.45) is 5.92 Å². The van der Waals surface area contributed by atoms with Gasteiger partial charge in [-0.3, -0.25) is 4.72 Å². The van der Waals surface area contributed by atoms with Gasteiger partial charge in [0, 0.05) is 12.2 Å². The van der Waals surface area contributed by atoms with Crippen LogP contribution in [0.15, 0.2) is 47.4 Å². The van der Waals surface area contributed by atoms with Crippen molar-refractivity contribution in [1.82, 2.24) is 0 Å². The van der Waals surface area contributed by atoms with Crippen molar-refractivity contribution < 1.29 is 17.9 Å². The standard InChI is InChI=1S/C21H28N2O4S/c1-14(2)13-22-19-11-8-17(21(24)27-15(3)4)12-20(19)28(25,26)23-18-9-6-16(5)7-10-18/h6-12,14-15,22-23H,13H2,1-5H3. The number of rotatable bonds is 8. The third-order valence-electron chi connectivity index (χ3n) is 3.85. The molecule has 0 spiro atoms. The van der Waals surface area contributed by atoms with E-state index >= 15 is 0 Å². The number of carbonyl (C=O) groups excluding carboxylic acids is 1. The van der Waals surface area contributed by atoms with Crippen molar-refractivity contribution in [3.8, 4) is 0 Å². The minimum absolute atomic E-state index is 0.00642. The van der Waals surface area contributed by atoms with Gasteiger partial charge >= 0.3 is 5.97 Å². The van der Waals surface area contributed by atoms with Crippen molar-refractivity contribution in [3.05, 3.63) is 53.6 Å². The van der Waals surface area contributed by atoms with Gasteiger partial charge in [0.15, 0.2) is 0 Å². The Balaban J connectivity index is 2.43. The maximum Gasteiger partial charge on any atom is 0.338 e. The van der Waals surface area contributed by atoms with E-state index in [4.69, 9.17) is 4.74 Å². The van der Waals surface area contributed by atoms with Crippen LogP contribution in [0.5, 0.6) is 0 Å². The molecular weight excluding hydrogens is 376 g/mol. The molecule has 0 unspecified atom stereocenters. The predicted octanol–water partition coefficient (Wildman–Crippen LogP) is 4.43. The molecule has 0 radical (unpaired) electrons. The molecule has 0 heterocycles. The predicted molar refractivity (Wildman–Crippen MR) is 112 cm³/mol. The third-order valence-corrected chi connectivity index (χ3v) is 5.28. The molecular formula is C21H28N2O4S. The summed E-state index contributed by atoms with van der Waals surface area (Å²) in [6.45, 7) is 10.1. The first kappa shape index (κ1) is 21.8. The summed E-state index contributed by atoms with van der Waals surface area (Å²) < 4.78 is 33.9. The van der Waals surface area contributed by atoms with E-state index in [9.17, 15) is 13.2 Å². The molecule has 2 aromatic carbocycles. The lowest BCUT2D eigenvalue weighted by Gasteiger charge is -2.17. The van der Waals surface area contributed by atoms with Crippen LogP contribution in [0.3, 0.4) is 0 Å². The SMILES string of the molecule is Cc1ccc(NS(=O)(=O)c2cc(C(=O)OC(C)C)ccc2NCC(C)C)cc1. The zero-order chi connectivity index (χ0) is 20.9. The Bertz CT molecular complexity index is 920. The maximum atomic E-state index is 13.0. The molecule has 6 nitrogen and oxygen atoms in total. The fourth-order valence-corrected chi connectivity index (χ4v) is 3.71. The van der Waals surface area contributed by atoms with Crippen molar-refractivity contribution >= 4 is 27.4 Å². The fourth-order valence-electron chi connectivity index (χ4n) is 2.45. The van der Waals surface area contributed by atoms with Gasteiger partial charge in [0.2, 0.25) is 0 Å². The van der Waals surface area contributed by atoms with E-state index in [-0.39, 0.29) is 16.6 Å². The number of carbonyl (C=O) groups is 1. The highest BCUT2D eigenvalue weighted by atomic mass is 32.2. The summed E-state index contributed by atoms with van der Waals surface area (Å²) >= 11 is 0. The summed E-state index contributed by atoms with van der Waals surface area (Å²) in [6.07, 6.45) is -0.294. The van der Waals surface area contributed by atoms with E-state index in [0.717, 1.165) is 5.56 Å². The zero-order valence-corrected chi connectivity index (χ0v) is 17.8. The maximum absolute atomic E-state index is 13.0. The van der Waals surface area contributed by atoms with E-state index in [1.807, 2.05) is 32.9 Å². The second kappa shape index (κ2) is 9.10. The summed E-state index contributed by atoms with van der Waals surface area (Å²) in [5.41, 5.74) is 2.11. The highest BCUT2D eigenvalue weighted by molar-refractivity contribution is 7.92. The van der Waals surface area contributed by atoms with Gasteiger partial charge < -0.3 is 10.1 Å². The highest BCUT2D eigenvalue weighted by Gasteiger charge is 2.22. The summed E-state index contributed by atoms with van der Waals surface area (Å²) in [5.74, 6) is -0.233. The van der Waals surface area contributed by atoms with Crippen LogP contribution in [-0.4, -0.2) is 27.0 Å². The Morgan fingerprint density at radius 3 is 2.25 bits per heavy atom. The quantitative estimate of drug-likeness (QED) is 0.636. The molecule has 0 atom stereocenters. The number of nitrogens with one attached hydrogen (secondary N) is 2. The Morgan fingerprint density at radius 2 is 1.68 bits per heavy atom. The Labute approximate surface area is 167 Å². The molecule has 152 valence electrons. The molecule has 0 aliphatic rings. The first-order valence-electron chi connectivity index (χ1n) is 9.27. The highest BCUT2D eigenvalue weighted by Crippen LogP contribution is 2.26. The lowest BCUT2D eigenvalue weighted by Crippen LogP contribution is -2.19. The van der Waals surface area contributed by atoms with Crippen LogP contribution >= 0.6 is 0 Å². The van der Waals surface area contributed by atoms with Crippen LogP contribution in [0.1, 0.15) is 43.6 Å². The Hall–Kier alpha value is -2.54. The number of sulfonamides is 1. The van der Waals surface area contributed by atoms with Gasteiger partial charge in [0.1, 0.15) is 4.90 Å². The number of anilines is 2. The number of aryl methyl sites for hydroxylation is 1. The van der Waals surface area contributed by atoms with Crippen molar-refractivity contribution in [2.45, 2.75) is 45.6 Å². The average molecular weight is 405 g/mol. The van der Waals surface area contributed by atoms with E-state index in [1.165, 1.54) is 6.07 Å². The van der Waals surface area contributed by atoms with Crippen LogP contribution in [0.2, 0.25) is 0 Å². The lowest BCUT2D eigenvalue weighted by atomic mass is 10.2. The molecule has 2 aromatic rings. The van der Waals surface area contributed by atoms with Gasteiger partial charge in [0.05, 0.1) is 17.4 Å². The summed E-state index contributed by atoms with van der Waals surface area (Å²) in [4.78, 5) is 12.3. The summed E-state index contributed by atoms with van der Waals surface area (Å²) in [6, 6.07) is 11.6. The molecule has 2 N–H and O–H groups in total. The average Bonchev–Trinajstić information content (AvgIpc) is 2.61. The molecule has 0 aliphatic carbocycles. The number of benzene rings is 2. The number of ether oxygens (including phenoxy) is 1. The molecule has 0 aliphatic heterocycles. The van der Waals surface area contributed by atoms with E-state index in [0.29, 0.717) is 23.8 Å². The first-order chi connectivity index (χ1) is 13.1. The summed E-state index contributed by atoms with van der Waals surface area (Å²) in [5, 5.41) is 3.15. The lowest BCUT2D eigenvalue weighted by molar-refractivity contribution is 0.0377. The van der Waals surface area contributed by atoms with Crippen LogP contribution < -0.4 is 10.0 Å². The first-order valence-corrected chi connectivity index (χ1v) is 10.7. The van der Waals surface area contributed by atoms with Crippen LogP contribution in [0.25, 0.3) is 0 Å². The van der Waals surface area contributed by atoms with Gasteiger partial charge in [-0.15, -0.1) is 0 Å². The smallest absolute Gasteiger partial charge is 0.338 e. The van der Waals surface area contributed by atoms with E-state index in [1.54, 1.807) is 38.1 Å². The van der Waals surface area contributed by atoms with Crippen LogP contribution in [-0.2, 0) is 14.8 Å². The zero-order valence-electron chi connectivity index (χ0n) is 16.9. The molecule has 28 heavy (non-hydrogen) atoms. The van der Waals surface area contributed by atoms with Crippen LogP contribution in [0.4, 0.5) is 11.4 Å². The minimum Gasteiger partial charge on any atom is -0.459 e. The Kier molecular flexibility index (Phi) is 7.07. The van der Waals surface area contributed by atoms with Gasteiger partial charge in [-0.2, -0.15) is 0 Å². The van der Waals surface area contributed by atoms with Gasteiger partial charge in [0.25, 0.3) is 10.0 Å². The molecule has 0 saturated heterocycles. The van der Waals surface area contributed by atoms with Crippen molar-refractivity contribution in [3.63, 3.8) is 0 Å². The molecule has 0 amide bonds. The molecule has 0 fully saturated rings. The topological polar surface area (TPSA) is 84.5 Å². The molecule has 7 heteroatoms. The largest absolute Gasteiger partial charge is 0.459 e. The minimum atomic E-state index is -3.91. The number of hydrogen-bond donors (Lipinski definition) is 2. The Morgan fingerprint density at radius 1 is 1.04 bits per heavy atom.